The molecule has 0 saturated heterocycles. The zero-order valence-electron chi connectivity index (χ0n) is 12.7. The number of aliphatic hydroxyl groups is 1. The van der Waals surface area contributed by atoms with Crippen molar-refractivity contribution in [3.8, 4) is 11.4 Å². The topological polar surface area (TPSA) is 71.2 Å². The van der Waals surface area contributed by atoms with Crippen LogP contribution in [0.15, 0.2) is 47.0 Å². The molecule has 0 unspecified atom stereocenters. The zero-order chi connectivity index (χ0) is 16.9. The van der Waals surface area contributed by atoms with Crippen molar-refractivity contribution < 1.29 is 9.63 Å². The van der Waals surface area contributed by atoms with Crippen molar-refractivity contribution in [2.24, 2.45) is 0 Å². The van der Waals surface area contributed by atoms with Gasteiger partial charge >= 0.3 is 6.01 Å². The standard InChI is InChI=1S/C17H15Cl2N3O2/c18-14-7-13(8-15(19)9-14)16-21-17(24-22-16)20-10-12-3-1-11(2-4-12)5-6-23/h1-4,7-9,23H,5-6,10H2,(H,20,21,22). The monoisotopic (exact) mass is 363 g/mol. The molecule has 0 aliphatic heterocycles. The average Bonchev–Trinajstić information content (AvgIpc) is 3.03. The Morgan fingerprint density at radius 2 is 1.67 bits per heavy atom. The Bertz CT molecular complexity index is 799. The molecule has 3 rings (SSSR count). The Kier molecular flexibility index (Phi) is 5.35. The molecule has 3 aromatic rings. The first-order valence-electron chi connectivity index (χ1n) is 7.37. The summed E-state index contributed by atoms with van der Waals surface area (Å²) in [6, 6.07) is 13.4. The molecular weight excluding hydrogens is 349 g/mol. The Hall–Kier alpha value is -2.08. The summed E-state index contributed by atoms with van der Waals surface area (Å²) in [5.74, 6) is 0.417. The molecule has 0 fully saturated rings. The molecule has 0 spiro atoms. The number of aromatic nitrogens is 2. The highest BCUT2D eigenvalue weighted by molar-refractivity contribution is 6.35. The first kappa shape index (κ1) is 16.8. The van der Waals surface area contributed by atoms with Gasteiger partial charge < -0.3 is 14.9 Å². The number of aliphatic hydroxyl groups excluding tert-OH is 1. The summed E-state index contributed by atoms with van der Waals surface area (Å²) in [6.45, 7) is 0.702. The van der Waals surface area contributed by atoms with Crippen molar-refractivity contribution >= 4 is 29.2 Å². The number of nitrogens with one attached hydrogen (secondary N) is 1. The van der Waals surface area contributed by atoms with Crippen molar-refractivity contribution in [2.45, 2.75) is 13.0 Å². The van der Waals surface area contributed by atoms with Gasteiger partial charge in [0.2, 0.25) is 5.82 Å². The number of hydrogen-bond acceptors (Lipinski definition) is 5. The second-order valence-electron chi connectivity index (χ2n) is 5.22. The van der Waals surface area contributed by atoms with E-state index < -0.39 is 0 Å². The van der Waals surface area contributed by atoms with Crippen molar-refractivity contribution in [1.82, 2.24) is 10.1 Å². The number of nitrogens with zero attached hydrogens (tertiary/aromatic N) is 2. The molecule has 5 nitrogen and oxygen atoms in total. The Balaban J connectivity index is 1.65. The van der Waals surface area contributed by atoms with E-state index in [4.69, 9.17) is 32.8 Å². The Morgan fingerprint density at radius 3 is 2.33 bits per heavy atom. The molecule has 0 aliphatic carbocycles. The number of anilines is 1. The fourth-order valence-corrected chi connectivity index (χ4v) is 2.75. The molecular formula is C17H15Cl2N3O2. The van der Waals surface area contributed by atoms with E-state index in [0.717, 1.165) is 11.1 Å². The molecule has 0 bridgehead atoms. The van der Waals surface area contributed by atoms with Gasteiger partial charge in [-0.3, -0.25) is 0 Å². The number of benzene rings is 2. The van der Waals surface area contributed by atoms with Crippen LogP contribution < -0.4 is 5.32 Å². The minimum absolute atomic E-state index is 0.149. The van der Waals surface area contributed by atoms with Gasteiger partial charge in [-0.2, -0.15) is 4.98 Å². The zero-order valence-corrected chi connectivity index (χ0v) is 14.2. The molecule has 0 aliphatic rings. The van der Waals surface area contributed by atoms with E-state index in [0.29, 0.717) is 40.4 Å². The normalized spacial score (nSPS) is 10.8. The van der Waals surface area contributed by atoms with E-state index in [2.05, 4.69) is 15.5 Å². The van der Waals surface area contributed by atoms with Crippen molar-refractivity contribution in [2.75, 3.05) is 11.9 Å². The van der Waals surface area contributed by atoms with Crippen molar-refractivity contribution in [1.29, 1.82) is 0 Å². The summed E-state index contributed by atoms with van der Waals surface area (Å²) < 4.78 is 5.19. The highest BCUT2D eigenvalue weighted by atomic mass is 35.5. The van der Waals surface area contributed by atoms with Gasteiger partial charge in [-0.15, -0.1) is 0 Å². The van der Waals surface area contributed by atoms with Crippen LogP contribution in [0, 0.1) is 0 Å². The maximum Gasteiger partial charge on any atom is 0.322 e. The van der Waals surface area contributed by atoms with Gasteiger partial charge in [0.1, 0.15) is 0 Å². The first-order chi connectivity index (χ1) is 11.6. The molecule has 7 heteroatoms. The van der Waals surface area contributed by atoms with Gasteiger partial charge in [0, 0.05) is 28.8 Å². The van der Waals surface area contributed by atoms with E-state index in [1.807, 2.05) is 24.3 Å². The highest BCUT2D eigenvalue weighted by Crippen LogP contribution is 2.26. The first-order valence-corrected chi connectivity index (χ1v) is 8.12. The molecule has 1 aromatic heterocycles. The van der Waals surface area contributed by atoms with E-state index in [1.165, 1.54) is 0 Å². The third-order valence-corrected chi connectivity index (χ3v) is 3.85. The average molecular weight is 364 g/mol. The van der Waals surface area contributed by atoms with Crippen molar-refractivity contribution in [3.63, 3.8) is 0 Å². The molecule has 1 heterocycles. The quantitative estimate of drug-likeness (QED) is 0.686. The lowest BCUT2D eigenvalue weighted by Gasteiger charge is -2.03. The van der Waals surface area contributed by atoms with Crippen molar-refractivity contribution in [3.05, 3.63) is 63.6 Å². The van der Waals surface area contributed by atoms with Gasteiger partial charge in [0.05, 0.1) is 0 Å². The van der Waals surface area contributed by atoms with Crippen LogP contribution >= 0.6 is 23.2 Å². The molecule has 0 amide bonds. The summed E-state index contributed by atoms with van der Waals surface area (Å²) in [5, 5.41) is 16.9. The van der Waals surface area contributed by atoms with Gasteiger partial charge in [-0.1, -0.05) is 52.6 Å². The summed E-state index contributed by atoms with van der Waals surface area (Å²) in [7, 11) is 0. The summed E-state index contributed by atoms with van der Waals surface area (Å²) in [6.07, 6.45) is 0.656. The van der Waals surface area contributed by atoms with Gasteiger partial charge in [0.15, 0.2) is 0 Å². The molecule has 2 aromatic carbocycles. The largest absolute Gasteiger partial charge is 0.396 e. The highest BCUT2D eigenvalue weighted by Gasteiger charge is 2.10. The molecule has 0 atom stereocenters. The van der Waals surface area contributed by atoms with E-state index >= 15 is 0 Å². The van der Waals surface area contributed by atoms with Crippen LogP contribution in [0.25, 0.3) is 11.4 Å². The predicted octanol–water partition coefficient (Wildman–Crippen LogP) is 4.19. The van der Waals surface area contributed by atoms with E-state index in [1.54, 1.807) is 18.2 Å². The maximum atomic E-state index is 8.92. The molecule has 2 N–H and O–H groups in total. The lowest BCUT2D eigenvalue weighted by atomic mass is 10.1. The molecule has 0 saturated carbocycles. The van der Waals surface area contributed by atoms with Crippen LogP contribution in [0.2, 0.25) is 10.0 Å². The fraction of sp³-hybridized carbons (Fsp3) is 0.176. The third-order valence-electron chi connectivity index (χ3n) is 3.41. The third kappa shape index (κ3) is 4.26. The van der Waals surface area contributed by atoms with E-state index in [9.17, 15) is 0 Å². The van der Waals surface area contributed by atoms with Crippen LogP contribution in [0.4, 0.5) is 6.01 Å². The second-order valence-corrected chi connectivity index (χ2v) is 6.10. The SMILES string of the molecule is OCCc1ccc(CNc2nc(-c3cc(Cl)cc(Cl)c3)no2)cc1. The minimum atomic E-state index is 0.149. The van der Waals surface area contributed by atoms with Crippen LogP contribution in [-0.4, -0.2) is 21.9 Å². The van der Waals surface area contributed by atoms with Crippen LogP contribution in [-0.2, 0) is 13.0 Å². The van der Waals surface area contributed by atoms with E-state index in [-0.39, 0.29) is 6.61 Å². The lowest BCUT2D eigenvalue weighted by Crippen LogP contribution is -2.00. The summed E-state index contributed by atoms with van der Waals surface area (Å²) >= 11 is 12.0. The predicted molar refractivity (Wildman–Crippen MR) is 94.3 cm³/mol. The lowest BCUT2D eigenvalue weighted by molar-refractivity contribution is 0.299. The van der Waals surface area contributed by atoms with Gasteiger partial charge in [-0.05, 0) is 35.7 Å². The molecule has 0 radical (unpaired) electrons. The smallest absolute Gasteiger partial charge is 0.322 e. The molecule has 124 valence electrons. The summed E-state index contributed by atoms with van der Waals surface area (Å²) in [4.78, 5) is 4.29. The molecule has 24 heavy (non-hydrogen) atoms. The minimum Gasteiger partial charge on any atom is -0.396 e. The second kappa shape index (κ2) is 7.66. The number of halogens is 2. The van der Waals surface area contributed by atoms with Crippen LogP contribution in [0.3, 0.4) is 0 Å². The fourth-order valence-electron chi connectivity index (χ4n) is 2.23. The Morgan fingerprint density at radius 1 is 1.00 bits per heavy atom. The summed E-state index contributed by atoms with van der Waals surface area (Å²) in [5.41, 5.74) is 2.86. The van der Waals surface area contributed by atoms with Crippen LogP contribution in [0.5, 0.6) is 0 Å². The number of rotatable bonds is 6. The van der Waals surface area contributed by atoms with Gasteiger partial charge in [0.25, 0.3) is 0 Å². The number of hydrogen-bond donors (Lipinski definition) is 2. The van der Waals surface area contributed by atoms with Gasteiger partial charge in [-0.25, -0.2) is 0 Å². The van der Waals surface area contributed by atoms with Crippen LogP contribution in [0.1, 0.15) is 11.1 Å². The maximum absolute atomic E-state index is 8.92. The Labute approximate surface area is 149 Å².